The van der Waals surface area contributed by atoms with E-state index in [0.717, 1.165) is 4.47 Å². The van der Waals surface area contributed by atoms with Crippen molar-refractivity contribution in [1.29, 1.82) is 0 Å². The Morgan fingerprint density at radius 3 is 2.93 bits per heavy atom. The third-order valence-electron chi connectivity index (χ3n) is 2.10. The first-order valence-electron chi connectivity index (χ1n) is 4.25. The minimum atomic E-state index is 0.641. The molecule has 0 bridgehead atoms. The van der Waals surface area contributed by atoms with Gasteiger partial charge in [-0.2, -0.15) is 0 Å². The van der Waals surface area contributed by atoms with Crippen molar-refractivity contribution in [3.8, 4) is 0 Å². The predicted octanol–water partition coefficient (Wildman–Crippen LogP) is 4.16. The molecule has 14 heavy (non-hydrogen) atoms. The Balaban J connectivity index is 2.58. The smallest absolute Gasteiger partial charge is 0.0577 e. The molecule has 0 aliphatic carbocycles. The number of hydrogen-bond acceptors (Lipinski definition) is 0. The summed E-state index contributed by atoms with van der Waals surface area (Å²) >= 11 is 9.29. The van der Waals surface area contributed by atoms with Crippen LogP contribution in [-0.4, -0.2) is 4.57 Å². The first kappa shape index (κ1) is 9.81. The molecule has 2 rings (SSSR count). The molecule has 1 heterocycles. The van der Waals surface area contributed by atoms with Crippen LogP contribution in [0, 0.1) is 0 Å². The Kier molecular flexibility index (Phi) is 2.66. The zero-order chi connectivity index (χ0) is 10.1. The van der Waals surface area contributed by atoms with Crippen LogP contribution in [0.15, 0.2) is 46.5 Å². The topological polar surface area (TPSA) is 4.93 Å². The standard InChI is InChI=1S/C11H9BrClN/c1-8(13)7-14-6-5-9-10(12)3-2-4-11(9)14/h2-6H,1,7H2. The summed E-state index contributed by atoms with van der Waals surface area (Å²) in [5.74, 6) is 0. The quantitative estimate of drug-likeness (QED) is 0.772. The molecule has 0 unspecified atom stereocenters. The molecule has 0 amide bonds. The predicted molar refractivity (Wildman–Crippen MR) is 64.6 cm³/mol. The Morgan fingerprint density at radius 2 is 2.21 bits per heavy atom. The Bertz CT molecular complexity index is 487. The van der Waals surface area contributed by atoms with Gasteiger partial charge in [0.25, 0.3) is 0 Å². The van der Waals surface area contributed by atoms with Crippen molar-refractivity contribution in [3.63, 3.8) is 0 Å². The third-order valence-corrected chi connectivity index (χ3v) is 2.91. The number of halogens is 2. The lowest BCUT2D eigenvalue weighted by Crippen LogP contribution is -1.94. The summed E-state index contributed by atoms with van der Waals surface area (Å²) in [6.45, 7) is 4.35. The third kappa shape index (κ3) is 1.72. The van der Waals surface area contributed by atoms with E-state index in [1.54, 1.807) is 0 Å². The molecule has 72 valence electrons. The Morgan fingerprint density at radius 1 is 1.43 bits per heavy atom. The largest absolute Gasteiger partial charge is 0.342 e. The van der Waals surface area contributed by atoms with Gasteiger partial charge in [0.1, 0.15) is 0 Å². The second-order valence-corrected chi connectivity index (χ2v) is 4.52. The number of allylic oxidation sites excluding steroid dienone is 1. The van der Waals surface area contributed by atoms with Crippen LogP contribution in [0.5, 0.6) is 0 Å². The Labute approximate surface area is 96.1 Å². The number of nitrogens with zero attached hydrogens (tertiary/aromatic N) is 1. The summed E-state index contributed by atoms with van der Waals surface area (Å²) in [6.07, 6.45) is 2.02. The van der Waals surface area contributed by atoms with Crippen LogP contribution >= 0.6 is 27.5 Å². The first-order valence-corrected chi connectivity index (χ1v) is 5.42. The summed E-state index contributed by atoms with van der Waals surface area (Å²) < 4.78 is 3.18. The van der Waals surface area contributed by atoms with E-state index < -0.39 is 0 Å². The van der Waals surface area contributed by atoms with E-state index in [1.165, 1.54) is 10.9 Å². The van der Waals surface area contributed by atoms with Crippen LogP contribution < -0.4 is 0 Å². The molecular weight excluding hydrogens is 261 g/mol. The average molecular weight is 271 g/mol. The maximum Gasteiger partial charge on any atom is 0.0577 e. The highest BCUT2D eigenvalue weighted by Crippen LogP contribution is 2.25. The normalized spacial score (nSPS) is 10.7. The molecule has 0 aliphatic heterocycles. The molecule has 2 aromatic rings. The lowest BCUT2D eigenvalue weighted by molar-refractivity contribution is 0.853. The van der Waals surface area contributed by atoms with Gasteiger partial charge in [-0.05, 0) is 18.2 Å². The van der Waals surface area contributed by atoms with Gasteiger partial charge in [-0.3, -0.25) is 0 Å². The monoisotopic (exact) mass is 269 g/mol. The molecule has 0 spiro atoms. The van der Waals surface area contributed by atoms with E-state index in [4.69, 9.17) is 11.6 Å². The number of aromatic nitrogens is 1. The highest BCUT2D eigenvalue weighted by Gasteiger charge is 2.03. The molecule has 0 aliphatic rings. The minimum Gasteiger partial charge on any atom is -0.342 e. The lowest BCUT2D eigenvalue weighted by atomic mass is 10.2. The van der Waals surface area contributed by atoms with Crippen molar-refractivity contribution in [2.24, 2.45) is 0 Å². The van der Waals surface area contributed by atoms with E-state index in [9.17, 15) is 0 Å². The summed E-state index contributed by atoms with van der Waals surface area (Å²) in [5.41, 5.74) is 1.17. The van der Waals surface area contributed by atoms with Crippen molar-refractivity contribution in [1.82, 2.24) is 4.57 Å². The van der Waals surface area contributed by atoms with Crippen molar-refractivity contribution in [2.45, 2.75) is 6.54 Å². The zero-order valence-electron chi connectivity index (χ0n) is 7.50. The van der Waals surface area contributed by atoms with Gasteiger partial charge in [0.15, 0.2) is 0 Å². The van der Waals surface area contributed by atoms with Gasteiger partial charge in [-0.15, -0.1) is 0 Å². The van der Waals surface area contributed by atoms with Gasteiger partial charge in [0.05, 0.1) is 6.54 Å². The average Bonchev–Trinajstić information content (AvgIpc) is 2.49. The Hall–Kier alpha value is -0.730. The van der Waals surface area contributed by atoms with E-state index in [-0.39, 0.29) is 0 Å². The zero-order valence-corrected chi connectivity index (χ0v) is 9.85. The van der Waals surface area contributed by atoms with E-state index in [0.29, 0.717) is 11.6 Å². The van der Waals surface area contributed by atoms with Gasteiger partial charge in [-0.1, -0.05) is 40.2 Å². The second-order valence-electron chi connectivity index (χ2n) is 3.13. The van der Waals surface area contributed by atoms with Crippen LogP contribution in [0.3, 0.4) is 0 Å². The summed E-state index contributed by atoms with van der Waals surface area (Å²) in [4.78, 5) is 0. The molecule has 1 nitrogen and oxygen atoms in total. The first-order chi connectivity index (χ1) is 6.68. The van der Waals surface area contributed by atoms with E-state index in [2.05, 4.69) is 39.2 Å². The molecule has 0 saturated heterocycles. The highest BCUT2D eigenvalue weighted by molar-refractivity contribution is 9.10. The van der Waals surface area contributed by atoms with Crippen LogP contribution in [0.1, 0.15) is 0 Å². The number of benzene rings is 1. The van der Waals surface area contributed by atoms with Crippen molar-refractivity contribution >= 4 is 38.4 Å². The molecule has 3 heteroatoms. The van der Waals surface area contributed by atoms with Crippen LogP contribution in [0.4, 0.5) is 0 Å². The van der Waals surface area contributed by atoms with Gasteiger partial charge in [0.2, 0.25) is 0 Å². The molecule has 1 aromatic heterocycles. The molecule has 0 atom stereocenters. The minimum absolute atomic E-state index is 0.641. The van der Waals surface area contributed by atoms with Crippen LogP contribution in [0.2, 0.25) is 0 Å². The molecule has 0 radical (unpaired) electrons. The molecule has 0 saturated carbocycles. The molecular formula is C11H9BrClN. The van der Waals surface area contributed by atoms with Crippen LogP contribution in [0.25, 0.3) is 10.9 Å². The molecule has 1 aromatic carbocycles. The summed E-state index contributed by atoms with van der Waals surface area (Å²) in [5, 5.41) is 1.84. The van der Waals surface area contributed by atoms with E-state index >= 15 is 0 Å². The van der Waals surface area contributed by atoms with Crippen molar-refractivity contribution in [3.05, 3.63) is 46.5 Å². The number of hydrogen-bond donors (Lipinski definition) is 0. The fraction of sp³-hybridized carbons (Fsp3) is 0.0909. The summed E-state index contributed by atoms with van der Waals surface area (Å²) in [7, 11) is 0. The number of rotatable bonds is 2. The van der Waals surface area contributed by atoms with Gasteiger partial charge in [0, 0.05) is 26.6 Å². The van der Waals surface area contributed by atoms with Crippen molar-refractivity contribution in [2.75, 3.05) is 0 Å². The lowest BCUT2D eigenvalue weighted by Gasteiger charge is -2.03. The molecule has 0 fully saturated rings. The van der Waals surface area contributed by atoms with Gasteiger partial charge < -0.3 is 4.57 Å². The van der Waals surface area contributed by atoms with Gasteiger partial charge in [-0.25, -0.2) is 0 Å². The fourth-order valence-corrected chi connectivity index (χ4v) is 2.13. The van der Waals surface area contributed by atoms with Crippen LogP contribution in [-0.2, 0) is 6.54 Å². The van der Waals surface area contributed by atoms with Crippen molar-refractivity contribution < 1.29 is 0 Å². The maximum atomic E-state index is 5.78. The van der Waals surface area contributed by atoms with E-state index in [1.807, 2.05) is 18.3 Å². The maximum absolute atomic E-state index is 5.78. The SMILES string of the molecule is C=C(Cl)Cn1ccc2c(Br)cccc21. The van der Waals surface area contributed by atoms with Gasteiger partial charge >= 0.3 is 0 Å². The molecule has 0 N–H and O–H groups in total. The second kappa shape index (κ2) is 3.79. The highest BCUT2D eigenvalue weighted by atomic mass is 79.9. The number of fused-ring (bicyclic) bond motifs is 1. The summed E-state index contributed by atoms with van der Waals surface area (Å²) in [6, 6.07) is 8.18. The fourth-order valence-electron chi connectivity index (χ4n) is 1.51.